The van der Waals surface area contributed by atoms with Crippen molar-refractivity contribution in [3.05, 3.63) is 79.7 Å². The van der Waals surface area contributed by atoms with Gasteiger partial charge in [0.1, 0.15) is 17.7 Å². The number of benzene rings is 2. The van der Waals surface area contributed by atoms with E-state index in [9.17, 15) is 15.4 Å². The van der Waals surface area contributed by atoms with Crippen LogP contribution in [0.5, 0.6) is 11.5 Å². The van der Waals surface area contributed by atoms with E-state index in [-0.39, 0.29) is 23.6 Å². The van der Waals surface area contributed by atoms with Crippen LogP contribution in [0.1, 0.15) is 40.0 Å². The molecule has 32 heavy (non-hydrogen) atoms. The van der Waals surface area contributed by atoms with E-state index >= 15 is 0 Å². The summed E-state index contributed by atoms with van der Waals surface area (Å²) in [6, 6.07) is 14.7. The number of ether oxygens (including phenoxy) is 2. The van der Waals surface area contributed by atoms with Crippen LogP contribution in [0, 0.1) is 21.4 Å². The van der Waals surface area contributed by atoms with E-state index < -0.39 is 4.92 Å². The first-order valence-corrected chi connectivity index (χ1v) is 11.0. The van der Waals surface area contributed by atoms with Gasteiger partial charge in [-0.25, -0.2) is 4.99 Å². The predicted octanol–water partition coefficient (Wildman–Crippen LogP) is 5.74. The second-order valence-electron chi connectivity index (χ2n) is 7.35. The minimum atomic E-state index is -0.471. The van der Waals surface area contributed by atoms with Gasteiger partial charge in [0.05, 0.1) is 29.2 Å². The fraction of sp³-hybridized carbons (Fsp3) is 0.250. The van der Waals surface area contributed by atoms with Crippen molar-refractivity contribution in [1.29, 1.82) is 5.26 Å². The molecule has 0 atom stereocenters. The predicted molar refractivity (Wildman–Crippen MR) is 123 cm³/mol. The summed E-state index contributed by atoms with van der Waals surface area (Å²) in [6.07, 6.45) is 5.43. The number of nitriles is 1. The van der Waals surface area contributed by atoms with Crippen LogP contribution < -0.4 is 9.47 Å². The lowest BCUT2D eigenvalue weighted by molar-refractivity contribution is -0.385. The molecule has 0 saturated heterocycles. The average Bonchev–Trinajstić information content (AvgIpc) is 3.19. The lowest BCUT2D eigenvalue weighted by Crippen LogP contribution is -2.01. The zero-order chi connectivity index (χ0) is 22.5. The van der Waals surface area contributed by atoms with Gasteiger partial charge < -0.3 is 9.47 Å². The van der Waals surface area contributed by atoms with Gasteiger partial charge >= 0.3 is 0 Å². The van der Waals surface area contributed by atoms with Crippen LogP contribution in [-0.2, 0) is 19.4 Å². The molecule has 7 nitrogen and oxygen atoms in total. The third-order valence-electron chi connectivity index (χ3n) is 5.33. The normalized spacial score (nSPS) is 12.9. The molecule has 0 spiro atoms. The summed E-state index contributed by atoms with van der Waals surface area (Å²) in [7, 11) is 1.48. The first-order valence-electron chi connectivity index (χ1n) is 10.2. The van der Waals surface area contributed by atoms with Crippen LogP contribution in [0.15, 0.2) is 47.5 Å². The highest BCUT2D eigenvalue weighted by molar-refractivity contribution is 7.16. The molecule has 1 aromatic heterocycles. The average molecular weight is 448 g/mol. The maximum Gasteiger partial charge on any atom is 0.282 e. The summed E-state index contributed by atoms with van der Waals surface area (Å²) >= 11 is 1.49. The van der Waals surface area contributed by atoms with E-state index in [2.05, 4.69) is 11.1 Å². The number of hydrogen-bond donors (Lipinski definition) is 0. The van der Waals surface area contributed by atoms with Crippen molar-refractivity contribution in [1.82, 2.24) is 0 Å². The first kappa shape index (κ1) is 21.5. The second-order valence-corrected chi connectivity index (χ2v) is 8.44. The van der Waals surface area contributed by atoms with Crippen molar-refractivity contribution in [3.8, 4) is 17.6 Å². The highest BCUT2D eigenvalue weighted by Gasteiger charge is 2.22. The molecule has 1 aliphatic rings. The van der Waals surface area contributed by atoms with Gasteiger partial charge in [-0.05, 0) is 42.9 Å². The summed E-state index contributed by atoms with van der Waals surface area (Å²) in [6.45, 7) is 0.258. The molecule has 0 aliphatic heterocycles. The van der Waals surface area contributed by atoms with Crippen molar-refractivity contribution >= 4 is 28.2 Å². The molecule has 3 aromatic rings. The Morgan fingerprint density at radius 2 is 2.00 bits per heavy atom. The van der Waals surface area contributed by atoms with E-state index in [0.29, 0.717) is 16.3 Å². The maximum atomic E-state index is 11.7. The van der Waals surface area contributed by atoms with Gasteiger partial charge in [-0.15, -0.1) is 11.3 Å². The Bertz CT molecular complexity index is 1210. The zero-order valence-electron chi connectivity index (χ0n) is 17.5. The number of nitro benzene ring substituents is 1. The smallest absolute Gasteiger partial charge is 0.282 e. The van der Waals surface area contributed by atoms with E-state index in [0.717, 1.165) is 36.8 Å². The number of nitrogens with zero attached hydrogens (tertiary/aromatic N) is 3. The summed E-state index contributed by atoms with van der Waals surface area (Å²) in [5.41, 5.74) is 2.74. The molecule has 162 valence electrons. The number of aliphatic imine (C=N–C) groups is 1. The molecule has 0 saturated carbocycles. The Morgan fingerprint density at radius 3 is 2.72 bits per heavy atom. The van der Waals surface area contributed by atoms with E-state index in [1.54, 1.807) is 6.07 Å². The minimum Gasteiger partial charge on any atom is -0.493 e. The Balaban J connectivity index is 1.66. The first-order chi connectivity index (χ1) is 15.6. The summed E-state index contributed by atoms with van der Waals surface area (Å²) < 4.78 is 11.2. The Labute approximate surface area is 189 Å². The van der Waals surface area contributed by atoms with Crippen molar-refractivity contribution in [2.24, 2.45) is 4.99 Å². The van der Waals surface area contributed by atoms with E-state index in [4.69, 9.17) is 9.47 Å². The maximum absolute atomic E-state index is 11.7. The van der Waals surface area contributed by atoms with Gasteiger partial charge in [0.2, 0.25) is 0 Å². The fourth-order valence-electron chi connectivity index (χ4n) is 3.72. The van der Waals surface area contributed by atoms with Crippen LogP contribution in [0.3, 0.4) is 0 Å². The molecule has 2 aromatic carbocycles. The molecular weight excluding hydrogens is 426 g/mol. The van der Waals surface area contributed by atoms with Gasteiger partial charge in [-0.2, -0.15) is 5.26 Å². The van der Waals surface area contributed by atoms with Gasteiger partial charge in [0, 0.05) is 11.1 Å². The standard InChI is InChI=1S/C24H21N3O4S/c1-30-21-11-17(14-26-24-19(13-25)18-9-5-6-10-23(18)32-24)20(27(28)29)12-22(21)31-15-16-7-3-2-4-8-16/h2-4,7-8,11-12,14H,5-6,9-10,15H2,1H3/b26-14+. The third kappa shape index (κ3) is 4.48. The highest BCUT2D eigenvalue weighted by Crippen LogP contribution is 2.40. The van der Waals surface area contributed by atoms with Crippen molar-refractivity contribution in [3.63, 3.8) is 0 Å². The number of methoxy groups -OCH3 is 1. The molecule has 0 unspecified atom stereocenters. The lowest BCUT2D eigenvalue weighted by Gasteiger charge is -2.12. The van der Waals surface area contributed by atoms with Gasteiger partial charge in [0.15, 0.2) is 11.5 Å². The second kappa shape index (κ2) is 9.62. The van der Waals surface area contributed by atoms with E-state index in [1.807, 2.05) is 30.3 Å². The molecule has 0 N–H and O–H groups in total. The molecule has 0 radical (unpaired) electrons. The summed E-state index contributed by atoms with van der Waals surface area (Å²) in [5, 5.41) is 21.9. The van der Waals surface area contributed by atoms with Crippen molar-refractivity contribution in [2.75, 3.05) is 7.11 Å². The summed E-state index contributed by atoms with van der Waals surface area (Å²) in [5.74, 6) is 0.656. The van der Waals surface area contributed by atoms with Gasteiger partial charge in [-0.3, -0.25) is 10.1 Å². The Morgan fingerprint density at radius 1 is 1.22 bits per heavy atom. The fourth-order valence-corrected chi connectivity index (χ4v) is 4.90. The van der Waals surface area contributed by atoms with Crippen molar-refractivity contribution < 1.29 is 14.4 Å². The Hall–Kier alpha value is -3.70. The number of aryl methyl sites for hydroxylation is 1. The van der Waals surface area contributed by atoms with Gasteiger partial charge in [-0.1, -0.05) is 30.3 Å². The van der Waals surface area contributed by atoms with E-state index in [1.165, 1.54) is 35.6 Å². The lowest BCUT2D eigenvalue weighted by atomic mass is 9.96. The molecule has 1 heterocycles. The largest absolute Gasteiger partial charge is 0.493 e. The number of nitro groups is 1. The number of thiophene rings is 1. The third-order valence-corrected chi connectivity index (χ3v) is 6.53. The molecular formula is C24H21N3O4S. The number of rotatable bonds is 7. The van der Waals surface area contributed by atoms with Crippen molar-refractivity contribution in [2.45, 2.75) is 32.3 Å². The molecule has 4 rings (SSSR count). The molecule has 0 bridgehead atoms. The Kier molecular flexibility index (Phi) is 6.47. The van der Waals surface area contributed by atoms with Gasteiger partial charge in [0.25, 0.3) is 5.69 Å². The monoisotopic (exact) mass is 447 g/mol. The zero-order valence-corrected chi connectivity index (χ0v) is 18.4. The number of hydrogen-bond acceptors (Lipinski definition) is 7. The molecule has 0 fully saturated rings. The topological polar surface area (TPSA) is 97.8 Å². The molecule has 1 aliphatic carbocycles. The summed E-state index contributed by atoms with van der Waals surface area (Å²) in [4.78, 5) is 16.9. The van der Waals surface area contributed by atoms with Crippen LogP contribution in [0.4, 0.5) is 10.7 Å². The van der Waals surface area contributed by atoms with Crippen LogP contribution in [0.2, 0.25) is 0 Å². The quantitative estimate of drug-likeness (QED) is 0.261. The SMILES string of the molecule is COc1cc(/C=N/c2sc3c(c2C#N)CCCC3)c([N+](=O)[O-])cc1OCc1ccccc1. The highest BCUT2D eigenvalue weighted by atomic mass is 32.1. The van der Waals surface area contributed by atoms with Crippen LogP contribution >= 0.6 is 11.3 Å². The van der Waals surface area contributed by atoms with Crippen LogP contribution in [0.25, 0.3) is 0 Å². The van der Waals surface area contributed by atoms with Crippen LogP contribution in [-0.4, -0.2) is 18.2 Å². The molecule has 8 heteroatoms. The molecule has 0 amide bonds. The number of fused-ring (bicyclic) bond motifs is 1. The minimum absolute atomic E-state index is 0.141.